The molecule has 7 nitrogen and oxygen atoms in total. The summed E-state index contributed by atoms with van der Waals surface area (Å²) in [4.78, 5) is 19.6. The van der Waals surface area contributed by atoms with E-state index in [2.05, 4.69) is 20.1 Å². The first-order chi connectivity index (χ1) is 17.7. The van der Waals surface area contributed by atoms with Crippen molar-refractivity contribution in [3.05, 3.63) is 62.5 Å². The summed E-state index contributed by atoms with van der Waals surface area (Å²) in [6.45, 7) is 1.45. The Kier molecular flexibility index (Phi) is 5.16. The number of nitrogens with one attached hydrogen (secondary N) is 1. The number of amides is 1. The molecule has 7 rings (SSSR count). The molecule has 4 aliphatic rings. The van der Waals surface area contributed by atoms with E-state index in [9.17, 15) is 13.6 Å². The number of carbonyl (C=O) groups is 1. The van der Waals surface area contributed by atoms with Crippen molar-refractivity contribution in [1.82, 2.24) is 20.1 Å². The van der Waals surface area contributed by atoms with Crippen molar-refractivity contribution >= 4 is 34.6 Å². The number of aliphatic imine (C=N–C) groups is 1. The van der Waals surface area contributed by atoms with Crippen molar-refractivity contribution in [2.75, 3.05) is 13.2 Å². The lowest BCUT2D eigenvalue weighted by Gasteiger charge is -2.30. The summed E-state index contributed by atoms with van der Waals surface area (Å²) in [5, 5.41) is 13.3. The van der Waals surface area contributed by atoms with Gasteiger partial charge < -0.3 is 10.1 Å². The van der Waals surface area contributed by atoms with Gasteiger partial charge in [0.15, 0.2) is 5.82 Å². The van der Waals surface area contributed by atoms with Crippen LogP contribution in [0, 0.1) is 12.8 Å². The quantitative estimate of drug-likeness (QED) is 0.531. The molecule has 37 heavy (non-hydrogen) atoms. The lowest BCUT2D eigenvalue weighted by atomic mass is 9.97. The van der Waals surface area contributed by atoms with Crippen molar-refractivity contribution in [1.29, 1.82) is 0 Å². The van der Waals surface area contributed by atoms with Crippen LogP contribution in [-0.2, 0) is 27.9 Å². The summed E-state index contributed by atoms with van der Waals surface area (Å²) in [5.74, 6) is -1.83. The normalized spacial score (nSPS) is 24.6. The summed E-state index contributed by atoms with van der Waals surface area (Å²) in [5.41, 5.74) is 3.29. The minimum absolute atomic E-state index is 0.103. The summed E-state index contributed by atoms with van der Waals surface area (Å²) >= 11 is 8.32. The number of nitrogens with zero attached hydrogens (tertiary/aromatic N) is 4. The van der Waals surface area contributed by atoms with Gasteiger partial charge in [-0.15, -0.1) is 21.5 Å². The molecule has 192 valence electrons. The zero-order valence-electron chi connectivity index (χ0n) is 20.1. The van der Waals surface area contributed by atoms with Crippen molar-refractivity contribution in [2.24, 2.45) is 10.9 Å². The van der Waals surface area contributed by atoms with Gasteiger partial charge in [0.1, 0.15) is 23.0 Å². The molecule has 2 atom stereocenters. The van der Waals surface area contributed by atoms with Crippen LogP contribution in [0.4, 0.5) is 8.78 Å². The van der Waals surface area contributed by atoms with Gasteiger partial charge in [-0.05, 0) is 44.2 Å². The van der Waals surface area contributed by atoms with Crippen molar-refractivity contribution in [3.8, 4) is 5.00 Å². The van der Waals surface area contributed by atoms with Gasteiger partial charge in [0, 0.05) is 33.4 Å². The van der Waals surface area contributed by atoms with E-state index in [1.807, 2.05) is 31.2 Å². The molecule has 2 fully saturated rings. The van der Waals surface area contributed by atoms with E-state index in [0.29, 0.717) is 17.9 Å². The van der Waals surface area contributed by atoms with E-state index in [0.717, 1.165) is 56.8 Å². The molecule has 4 heterocycles. The number of aromatic nitrogens is 3. The number of fused-ring (bicyclic) bond motifs is 6. The van der Waals surface area contributed by atoms with Crippen LogP contribution in [0.2, 0.25) is 5.02 Å². The van der Waals surface area contributed by atoms with Crippen LogP contribution in [0.15, 0.2) is 29.3 Å². The molecule has 11 heteroatoms. The molecule has 3 aromatic rings. The van der Waals surface area contributed by atoms with Crippen molar-refractivity contribution in [2.45, 2.75) is 56.5 Å². The van der Waals surface area contributed by atoms with E-state index >= 15 is 0 Å². The molecule has 1 spiro atoms. The fourth-order valence-corrected chi connectivity index (χ4v) is 7.46. The molecule has 1 amide bonds. The Hall–Kier alpha value is -2.69. The van der Waals surface area contributed by atoms with Gasteiger partial charge in [-0.1, -0.05) is 29.8 Å². The maximum atomic E-state index is 13.8. The minimum atomic E-state index is -2.92. The maximum Gasteiger partial charge on any atom is 0.273 e. The highest BCUT2D eigenvalue weighted by Crippen LogP contribution is 2.54. The van der Waals surface area contributed by atoms with E-state index in [1.165, 1.54) is 0 Å². The molecular formula is C26H24ClF2N5O2S. The molecule has 2 aliphatic heterocycles. The predicted octanol–water partition coefficient (Wildman–Crippen LogP) is 4.39. The number of hydrogen-bond donors (Lipinski definition) is 1. The third kappa shape index (κ3) is 3.75. The third-order valence-electron chi connectivity index (χ3n) is 7.71. The van der Waals surface area contributed by atoms with Gasteiger partial charge in [-0.2, -0.15) is 0 Å². The number of thiophene rings is 1. The number of hydrogen-bond acceptors (Lipinski definition) is 6. The topological polar surface area (TPSA) is 81.4 Å². The van der Waals surface area contributed by atoms with Crippen LogP contribution >= 0.6 is 22.9 Å². The Morgan fingerprint density at radius 2 is 2.05 bits per heavy atom. The Balaban J connectivity index is 1.28. The summed E-state index contributed by atoms with van der Waals surface area (Å²) in [6.07, 6.45) is 2.42. The Morgan fingerprint density at radius 1 is 1.24 bits per heavy atom. The van der Waals surface area contributed by atoms with Crippen LogP contribution < -0.4 is 5.32 Å². The Bertz CT molecular complexity index is 1480. The van der Waals surface area contributed by atoms with Gasteiger partial charge >= 0.3 is 0 Å². The average Bonchev–Trinajstić information content (AvgIpc) is 3.18. The molecule has 1 N–H and O–H groups in total. The zero-order valence-corrected chi connectivity index (χ0v) is 21.6. The Labute approximate surface area is 220 Å². The second kappa shape index (κ2) is 8.15. The molecule has 2 aliphatic carbocycles. The number of alkyl halides is 2. The smallest absolute Gasteiger partial charge is 0.273 e. The average molecular weight is 544 g/mol. The molecule has 2 aromatic heterocycles. The number of halogens is 3. The molecular weight excluding hydrogens is 520 g/mol. The van der Waals surface area contributed by atoms with Gasteiger partial charge in [0.05, 0.1) is 18.4 Å². The van der Waals surface area contributed by atoms with Gasteiger partial charge in [-0.25, -0.2) is 8.78 Å². The lowest BCUT2D eigenvalue weighted by Crippen LogP contribution is -2.49. The van der Waals surface area contributed by atoms with E-state index in [-0.39, 0.29) is 18.4 Å². The van der Waals surface area contributed by atoms with Crippen LogP contribution in [0.25, 0.3) is 5.00 Å². The molecule has 1 aromatic carbocycles. The van der Waals surface area contributed by atoms with Crippen LogP contribution in [0.5, 0.6) is 0 Å². The highest BCUT2D eigenvalue weighted by Gasteiger charge is 2.52. The largest absolute Gasteiger partial charge is 0.373 e. The van der Waals surface area contributed by atoms with Gasteiger partial charge in [0.2, 0.25) is 5.91 Å². The maximum absolute atomic E-state index is 13.8. The molecule has 1 saturated carbocycles. The number of aryl methyl sites for hydroxylation is 1. The number of ether oxygens (including phenoxy) is 1. The highest BCUT2D eigenvalue weighted by atomic mass is 35.5. The zero-order chi connectivity index (χ0) is 25.5. The van der Waals surface area contributed by atoms with E-state index < -0.39 is 30.5 Å². The molecule has 0 bridgehead atoms. The minimum Gasteiger partial charge on any atom is -0.373 e. The first-order valence-corrected chi connectivity index (χ1v) is 13.6. The van der Waals surface area contributed by atoms with Crippen LogP contribution in [0.3, 0.4) is 0 Å². The number of carbonyl (C=O) groups excluding carboxylic acids is 1. The first-order valence-electron chi connectivity index (χ1n) is 12.4. The monoisotopic (exact) mass is 543 g/mol. The van der Waals surface area contributed by atoms with E-state index in [4.69, 9.17) is 21.3 Å². The van der Waals surface area contributed by atoms with E-state index in [1.54, 1.807) is 11.3 Å². The number of benzene rings is 1. The molecule has 0 radical (unpaired) electrons. The van der Waals surface area contributed by atoms with Gasteiger partial charge in [-0.3, -0.25) is 14.4 Å². The molecule has 1 unspecified atom stereocenters. The second-order valence-corrected chi connectivity index (χ2v) is 11.9. The standard InChI is InChI=1S/C26H24ClF2N5O2S/c1-13-32-33-24-25(6-7-25)31-21(16-4-2-3-5-18(16)27)20-17-8-14(9-19(17)37-23(20)34(13)24)22(35)30-15-10-26(28,29)12-36-11-15/h2-5,14-15H,6-12H2,1H3,(H,30,35)/t14-,15?/m0/s1. The third-order valence-corrected chi connectivity index (χ3v) is 9.28. The first kappa shape index (κ1) is 23.4. The van der Waals surface area contributed by atoms with Crippen molar-refractivity contribution < 1.29 is 18.3 Å². The van der Waals surface area contributed by atoms with Gasteiger partial charge in [0.25, 0.3) is 5.92 Å². The highest BCUT2D eigenvalue weighted by molar-refractivity contribution is 7.15. The fourth-order valence-electron chi connectivity index (χ4n) is 5.78. The summed E-state index contributed by atoms with van der Waals surface area (Å²) in [7, 11) is 0. The SMILES string of the molecule is Cc1nnc2n1-c1sc3c(c1C(c1ccccc1Cl)=NC21CC1)C[C@H](C(=O)NC1COCC(F)(F)C1)C3. The molecule has 1 saturated heterocycles. The van der Waals surface area contributed by atoms with Crippen LogP contribution in [-0.4, -0.2) is 51.6 Å². The summed E-state index contributed by atoms with van der Waals surface area (Å²) < 4.78 is 34.7. The Morgan fingerprint density at radius 3 is 2.81 bits per heavy atom. The van der Waals surface area contributed by atoms with Crippen molar-refractivity contribution in [3.63, 3.8) is 0 Å². The van der Waals surface area contributed by atoms with Crippen LogP contribution in [0.1, 0.15) is 52.5 Å². The predicted molar refractivity (Wildman–Crippen MR) is 135 cm³/mol. The second-order valence-electron chi connectivity index (χ2n) is 10.4. The fraction of sp³-hybridized carbons (Fsp3) is 0.462. The summed E-state index contributed by atoms with van der Waals surface area (Å²) in [6, 6.07) is 6.99. The lowest BCUT2D eigenvalue weighted by molar-refractivity contribution is -0.138. The number of rotatable bonds is 3.